The Morgan fingerprint density at radius 1 is 1.07 bits per heavy atom. The molecule has 2 saturated heterocycles. The fourth-order valence-corrected chi connectivity index (χ4v) is 5.18. The van der Waals surface area contributed by atoms with Gasteiger partial charge in [0.25, 0.3) is 5.91 Å². The van der Waals surface area contributed by atoms with Crippen molar-refractivity contribution in [3.63, 3.8) is 0 Å². The molecule has 2 aromatic carbocycles. The molecule has 0 aliphatic carbocycles. The third-order valence-electron chi connectivity index (χ3n) is 7.27. The molecule has 0 aromatic heterocycles. The number of Topliss-reactive ketones (excluding diaryl/α,β-unsaturated/α-hetero) is 1. The van der Waals surface area contributed by atoms with Crippen molar-refractivity contribution in [2.24, 2.45) is 5.92 Å². The lowest BCUT2D eigenvalue weighted by molar-refractivity contribution is -0.321. The largest absolute Gasteiger partial charge is 0.522 e. The lowest BCUT2D eigenvalue weighted by Gasteiger charge is -2.28. The van der Waals surface area contributed by atoms with E-state index in [-0.39, 0.29) is 31.2 Å². The SMILES string of the molecule is O=C(N[C@@H](C[C@@H]1CCNC1=O)C(=O)COC(F)(F)F)C1C[C@@H](c2ccccc2)CN1C(=O)C(O)c1ccccc1. The number of ether oxygens (including phenoxy) is 1. The molecular weight excluding hydrogens is 531 g/mol. The van der Waals surface area contributed by atoms with Crippen LogP contribution in [0.4, 0.5) is 13.2 Å². The van der Waals surface area contributed by atoms with Gasteiger partial charge >= 0.3 is 6.36 Å². The van der Waals surface area contributed by atoms with Gasteiger partial charge < -0.3 is 20.6 Å². The van der Waals surface area contributed by atoms with E-state index in [4.69, 9.17) is 0 Å². The molecule has 3 N–H and O–H groups in total. The van der Waals surface area contributed by atoms with Crippen LogP contribution < -0.4 is 10.6 Å². The van der Waals surface area contributed by atoms with Crippen LogP contribution in [0.1, 0.15) is 42.4 Å². The molecule has 0 spiro atoms. The van der Waals surface area contributed by atoms with Gasteiger partial charge in [0.15, 0.2) is 11.9 Å². The van der Waals surface area contributed by atoms with E-state index in [2.05, 4.69) is 15.4 Å². The Kier molecular flexibility index (Phi) is 9.21. The Morgan fingerprint density at radius 3 is 2.33 bits per heavy atom. The van der Waals surface area contributed by atoms with Crippen molar-refractivity contribution in [1.29, 1.82) is 0 Å². The third-order valence-corrected chi connectivity index (χ3v) is 7.27. The number of alkyl halides is 3. The second kappa shape index (κ2) is 12.6. The molecule has 40 heavy (non-hydrogen) atoms. The molecular formula is C28H30F3N3O6. The third kappa shape index (κ3) is 7.24. The van der Waals surface area contributed by atoms with Crippen LogP contribution >= 0.6 is 0 Å². The molecule has 2 aromatic rings. The van der Waals surface area contributed by atoms with Gasteiger partial charge in [-0.25, -0.2) is 0 Å². The molecule has 9 nitrogen and oxygen atoms in total. The second-order valence-corrected chi connectivity index (χ2v) is 9.94. The normalized spacial score (nSPS) is 22.4. The molecule has 5 atom stereocenters. The number of benzene rings is 2. The van der Waals surface area contributed by atoms with E-state index in [1.165, 1.54) is 4.90 Å². The topological polar surface area (TPSA) is 125 Å². The van der Waals surface area contributed by atoms with E-state index in [9.17, 15) is 37.5 Å². The smallest absolute Gasteiger partial charge is 0.378 e. The first-order chi connectivity index (χ1) is 19.0. The summed E-state index contributed by atoms with van der Waals surface area (Å²) in [5, 5.41) is 15.9. The Labute approximate surface area is 228 Å². The first-order valence-electron chi connectivity index (χ1n) is 12.9. The molecule has 4 rings (SSSR count). The van der Waals surface area contributed by atoms with Gasteiger partial charge in [-0.2, -0.15) is 0 Å². The zero-order valence-electron chi connectivity index (χ0n) is 21.5. The molecule has 2 heterocycles. The number of rotatable bonds is 10. The van der Waals surface area contributed by atoms with Crippen molar-refractivity contribution in [3.05, 3.63) is 71.8 Å². The number of aliphatic hydroxyl groups is 1. The highest BCUT2D eigenvalue weighted by atomic mass is 19.4. The summed E-state index contributed by atoms with van der Waals surface area (Å²) in [6.07, 6.45) is -6.31. The number of nitrogens with zero attached hydrogens (tertiary/aromatic N) is 1. The quantitative estimate of drug-likeness (QED) is 0.409. The van der Waals surface area contributed by atoms with Crippen LogP contribution in [0.3, 0.4) is 0 Å². The summed E-state index contributed by atoms with van der Waals surface area (Å²) in [4.78, 5) is 53.1. The summed E-state index contributed by atoms with van der Waals surface area (Å²) < 4.78 is 41.5. The fourth-order valence-electron chi connectivity index (χ4n) is 5.18. The molecule has 2 aliphatic rings. The second-order valence-electron chi connectivity index (χ2n) is 9.94. The number of carbonyl (C=O) groups excluding carboxylic acids is 4. The lowest BCUT2D eigenvalue weighted by atomic mass is 9.94. The predicted molar refractivity (Wildman–Crippen MR) is 135 cm³/mol. The molecule has 214 valence electrons. The van der Waals surface area contributed by atoms with Gasteiger partial charge in [0.2, 0.25) is 11.8 Å². The van der Waals surface area contributed by atoms with Crippen LogP contribution in [-0.4, -0.2) is 71.7 Å². The molecule has 0 bridgehead atoms. The maximum atomic E-state index is 13.6. The first kappa shape index (κ1) is 29.2. The van der Waals surface area contributed by atoms with Gasteiger partial charge in [0.05, 0.1) is 6.04 Å². The van der Waals surface area contributed by atoms with Crippen molar-refractivity contribution in [2.75, 3.05) is 19.7 Å². The number of halogens is 3. The summed E-state index contributed by atoms with van der Waals surface area (Å²) in [5.41, 5.74) is 1.19. The first-order valence-corrected chi connectivity index (χ1v) is 12.9. The van der Waals surface area contributed by atoms with E-state index in [0.717, 1.165) is 5.56 Å². The maximum absolute atomic E-state index is 13.6. The van der Waals surface area contributed by atoms with Gasteiger partial charge in [-0.05, 0) is 30.4 Å². The molecule has 2 aliphatic heterocycles. The van der Waals surface area contributed by atoms with Crippen LogP contribution in [0, 0.1) is 5.92 Å². The van der Waals surface area contributed by atoms with Crippen LogP contribution in [0.5, 0.6) is 0 Å². The van der Waals surface area contributed by atoms with Crippen molar-refractivity contribution < 1.29 is 42.2 Å². The minimum atomic E-state index is -5.06. The van der Waals surface area contributed by atoms with Crippen LogP contribution in [0.2, 0.25) is 0 Å². The van der Waals surface area contributed by atoms with E-state index in [1.54, 1.807) is 30.3 Å². The molecule has 3 amide bonds. The summed E-state index contributed by atoms with van der Waals surface area (Å²) in [6, 6.07) is 14.8. The van der Waals surface area contributed by atoms with E-state index >= 15 is 0 Å². The summed E-state index contributed by atoms with van der Waals surface area (Å²) in [7, 11) is 0. The van der Waals surface area contributed by atoms with E-state index in [1.807, 2.05) is 30.3 Å². The summed E-state index contributed by atoms with van der Waals surface area (Å²) in [5.74, 6) is -3.86. The van der Waals surface area contributed by atoms with Gasteiger partial charge in [0, 0.05) is 24.9 Å². The Hall–Kier alpha value is -3.77. The predicted octanol–water partition coefficient (Wildman–Crippen LogP) is 2.22. The van der Waals surface area contributed by atoms with Crippen LogP contribution in [0.15, 0.2) is 60.7 Å². The zero-order valence-corrected chi connectivity index (χ0v) is 21.5. The number of ketones is 1. The Morgan fingerprint density at radius 2 is 1.73 bits per heavy atom. The standard InChI is InChI=1S/C28H30F3N3O6/c29-28(30,31)40-16-23(35)21(13-19-11-12-32-25(19)37)33-26(38)22-14-20(17-7-3-1-4-8-17)15-34(22)27(39)24(36)18-9-5-2-6-10-18/h1-10,19-22,24,36H,11-16H2,(H,32,37)(H,33,38)/t19-,20+,21-,22?,24?/m0/s1. The highest BCUT2D eigenvalue weighted by molar-refractivity contribution is 5.95. The number of hydrogen-bond acceptors (Lipinski definition) is 6. The molecule has 2 unspecified atom stereocenters. The Bertz CT molecular complexity index is 1210. The lowest BCUT2D eigenvalue weighted by Crippen LogP contribution is -2.53. The monoisotopic (exact) mass is 561 g/mol. The van der Waals surface area contributed by atoms with Crippen molar-refractivity contribution in [1.82, 2.24) is 15.5 Å². The van der Waals surface area contributed by atoms with Gasteiger partial charge in [-0.1, -0.05) is 60.7 Å². The van der Waals surface area contributed by atoms with Crippen molar-refractivity contribution >= 4 is 23.5 Å². The number of carbonyl (C=O) groups is 4. The van der Waals surface area contributed by atoms with Crippen LogP contribution in [0.25, 0.3) is 0 Å². The molecule has 0 radical (unpaired) electrons. The van der Waals surface area contributed by atoms with Gasteiger partial charge in [-0.15, -0.1) is 13.2 Å². The maximum Gasteiger partial charge on any atom is 0.522 e. The number of amides is 3. The minimum absolute atomic E-state index is 0.103. The fraction of sp³-hybridized carbons (Fsp3) is 0.429. The molecule has 12 heteroatoms. The number of aliphatic hydroxyl groups excluding tert-OH is 1. The summed E-state index contributed by atoms with van der Waals surface area (Å²) >= 11 is 0. The van der Waals surface area contributed by atoms with Crippen molar-refractivity contribution in [2.45, 2.75) is 49.7 Å². The number of nitrogens with one attached hydrogen (secondary N) is 2. The number of likely N-dealkylation sites (tertiary alicyclic amines) is 1. The van der Waals surface area contributed by atoms with E-state index in [0.29, 0.717) is 18.5 Å². The summed E-state index contributed by atoms with van der Waals surface area (Å²) in [6.45, 7) is -0.889. The average molecular weight is 562 g/mol. The Balaban J connectivity index is 1.56. The average Bonchev–Trinajstić information content (AvgIpc) is 3.57. The zero-order chi connectivity index (χ0) is 28.9. The number of hydrogen-bond donors (Lipinski definition) is 3. The highest BCUT2D eigenvalue weighted by Crippen LogP contribution is 2.34. The molecule has 2 fully saturated rings. The molecule has 0 saturated carbocycles. The van der Waals surface area contributed by atoms with Gasteiger partial charge in [0.1, 0.15) is 12.6 Å². The van der Waals surface area contributed by atoms with Crippen molar-refractivity contribution in [3.8, 4) is 0 Å². The van der Waals surface area contributed by atoms with Gasteiger partial charge in [-0.3, -0.25) is 23.9 Å². The van der Waals surface area contributed by atoms with Crippen LogP contribution in [-0.2, 0) is 23.9 Å². The highest BCUT2D eigenvalue weighted by Gasteiger charge is 2.43. The minimum Gasteiger partial charge on any atom is -0.378 e. The van der Waals surface area contributed by atoms with E-state index < -0.39 is 54.7 Å².